The maximum absolute atomic E-state index is 11.0. The summed E-state index contributed by atoms with van der Waals surface area (Å²) in [4.78, 5) is 13.1. The van der Waals surface area contributed by atoms with E-state index in [1.54, 1.807) is 0 Å². The van der Waals surface area contributed by atoms with Crippen LogP contribution in [-0.4, -0.2) is 34.1 Å². The molecular weight excluding hydrogens is 214 g/mol. The standard InChI is InChI=1S/C14H27NO2/c1-5-11-6-8-12(9-7-11)15(10-13(16)17)14(2,3)4/h11-12H,5-10H2,1-4H3,(H,16,17). The van der Waals surface area contributed by atoms with Gasteiger partial charge in [0.15, 0.2) is 0 Å². The van der Waals surface area contributed by atoms with Crippen LogP contribution in [0.3, 0.4) is 0 Å². The Bertz CT molecular complexity index is 249. The van der Waals surface area contributed by atoms with Crippen LogP contribution in [0.1, 0.15) is 59.8 Å². The average Bonchev–Trinajstić information content (AvgIpc) is 2.24. The largest absolute Gasteiger partial charge is 0.480 e. The van der Waals surface area contributed by atoms with Crippen molar-refractivity contribution in [1.82, 2.24) is 4.90 Å². The van der Waals surface area contributed by atoms with E-state index in [2.05, 4.69) is 32.6 Å². The first-order chi connectivity index (χ1) is 7.84. The number of hydrogen-bond donors (Lipinski definition) is 1. The van der Waals surface area contributed by atoms with Crippen molar-refractivity contribution in [3.8, 4) is 0 Å². The van der Waals surface area contributed by atoms with E-state index in [9.17, 15) is 4.79 Å². The fraction of sp³-hybridized carbons (Fsp3) is 0.929. The third kappa shape index (κ3) is 4.30. The summed E-state index contributed by atoms with van der Waals surface area (Å²) in [5.41, 5.74) is -0.0535. The van der Waals surface area contributed by atoms with E-state index in [1.807, 2.05) is 0 Å². The zero-order chi connectivity index (χ0) is 13.1. The van der Waals surface area contributed by atoms with E-state index < -0.39 is 5.97 Å². The number of carbonyl (C=O) groups is 1. The van der Waals surface area contributed by atoms with Crippen LogP contribution in [0, 0.1) is 5.92 Å². The Kier molecular flexibility index (Phi) is 4.99. The molecule has 1 aliphatic rings. The molecule has 0 unspecified atom stereocenters. The van der Waals surface area contributed by atoms with Gasteiger partial charge in [-0.3, -0.25) is 9.69 Å². The summed E-state index contributed by atoms with van der Waals surface area (Å²) in [6, 6.07) is 0.453. The molecule has 3 heteroatoms. The molecule has 0 amide bonds. The third-order valence-corrected chi connectivity index (χ3v) is 4.00. The lowest BCUT2D eigenvalue weighted by Crippen LogP contribution is -2.51. The molecule has 0 aromatic rings. The van der Waals surface area contributed by atoms with Gasteiger partial charge in [-0.05, 0) is 52.4 Å². The summed E-state index contributed by atoms with van der Waals surface area (Å²) in [5.74, 6) is 0.149. The summed E-state index contributed by atoms with van der Waals surface area (Å²) in [7, 11) is 0. The molecule has 0 spiro atoms. The summed E-state index contributed by atoms with van der Waals surface area (Å²) in [6.07, 6.45) is 6.09. The van der Waals surface area contributed by atoms with Crippen LogP contribution < -0.4 is 0 Å². The number of carboxylic acid groups (broad SMARTS) is 1. The molecule has 1 rings (SSSR count). The minimum Gasteiger partial charge on any atom is -0.480 e. The molecule has 0 atom stereocenters. The Morgan fingerprint density at radius 2 is 1.76 bits per heavy atom. The number of carboxylic acids is 1. The lowest BCUT2D eigenvalue weighted by Gasteiger charge is -2.43. The van der Waals surface area contributed by atoms with Crippen molar-refractivity contribution in [2.45, 2.75) is 71.4 Å². The Morgan fingerprint density at radius 1 is 1.24 bits per heavy atom. The second-order valence-electron chi connectivity index (χ2n) is 6.28. The minimum absolute atomic E-state index is 0.0535. The van der Waals surface area contributed by atoms with Crippen LogP contribution >= 0.6 is 0 Å². The molecular formula is C14H27NO2. The molecule has 17 heavy (non-hydrogen) atoms. The van der Waals surface area contributed by atoms with Crippen molar-refractivity contribution < 1.29 is 9.90 Å². The monoisotopic (exact) mass is 241 g/mol. The molecule has 0 saturated heterocycles. The van der Waals surface area contributed by atoms with Gasteiger partial charge in [0, 0.05) is 11.6 Å². The topological polar surface area (TPSA) is 40.5 Å². The molecule has 1 fully saturated rings. The normalized spacial score (nSPS) is 26.2. The minimum atomic E-state index is -0.711. The summed E-state index contributed by atoms with van der Waals surface area (Å²) in [6.45, 7) is 8.76. The Morgan fingerprint density at radius 3 is 2.12 bits per heavy atom. The van der Waals surface area contributed by atoms with Gasteiger partial charge in [-0.25, -0.2) is 0 Å². The molecule has 100 valence electrons. The van der Waals surface area contributed by atoms with Crippen molar-refractivity contribution in [1.29, 1.82) is 0 Å². The number of rotatable bonds is 4. The van der Waals surface area contributed by atoms with Crippen LogP contribution in [0.15, 0.2) is 0 Å². The molecule has 0 radical (unpaired) electrons. The molecule has 3 nitrogen and oxygen atoms in total. The first-order valence-electron chi connectivity index (χ1n) is 6.83. The maximum atomic E-state index is 11.0. The summed E-state index contributed by atoms with van der Waals surface area (Å²) < 4.78 is 0. The van der Waals surface area contributed by atoms with Gasteiger partial charge in [-0.2, -0.15) is 0 Å². The predicted molar refractivity (Wildman–Crippen MR) is 70.1 cm³/mol. The van der Waals surface area contributed by atoms with Gasteiger partial charge in [0.25, 0.3) is 0 Å². The van der Waals surface area contributed by atoms with Crippen LogP contribution in [0.2, 0.25) is 0 Å². The van der Waals surface area contributed by atoms with Crippen LogP contribution in [-0.2, 0) is 4.79 Å². The van der Waals surface area contributed by atoms with Crippen LogP contribution in [0.25, 0.3) is 0 Å². The fourth-order valence-corrected chi connectivity index (χ4v) is 2.92. The van der Waals surface area contributed by atoms with Gasteiger partial charge >= 0.3 is 5.97 Å². The molecule has 0 bridgehead atoms. The zero-order valence-electron chi connectivity index (χ0n) is 11.7. The van der Waals surface area contributed by atoms with Gasteiger partial charge in [-0.1, -0.05) is 13.3 Å². The Labute approximate surface area is 105 Å². The molecule has 1 saturated carbocycles. The first kappa shape index (κ1) is 14.5. The SMILES string of the molecule is CCC1CCC(N(CC(=O)O)C(C)(C)C)CC1. The molecule has 1 aliphatic carbocycles. The first-order valence-corrected chi connectivity index (χ1v) is 6.83. The zero-order valence-corrected chi connectivity index (χ0v) is 11.7. The Hall–Kier alpha value is -0.570. The number of hydrogen-bond acceptors (Lipinski definition) is 2. The number of aliphatic carboxylic acids is 1. The second-order valence-corrected chi connectivity index (χ2v) is 6.28. The lowest BCUT2D eigenvalue weighted by molar-refractivity contribution is -0.141. The Balaban J connectivity index is 2.62. The van der Waals surface area contributed by atoms with Gasteiger partial charge in [0.2, 0.25) is 0 Å². The lowest BCUT2D eigenvalue weighted by atomic mass is 9.82. The highest BCUT2D eigenvalue weighted by Gasteiger charge is 2.32. The van der Waals surface area contributed by atoms with Crippen LogP contribution in [0.5, 0.6) is 0 Å². The average molecular weight is 241 g/mol. The maximum Gasteiger partial charge on any atom is 0.317 e. The van der Waals surface area contributed by atoms with Gasteiger partial charge in [0.05, 0.1) is 6.54 Å². The van der Waals surface area contributed by atoms with Crippen molar-refractivity contribution in [3.05, 3.63) is 0 Å². The smallest absolute Gasteiger partial charge is 0.317 e. The summed E-state index contributed by atoms with van der Waals surface area (Å²) in [5, 5.41) is 9.03. The van der Waals surface area contributed by atoms with E-state index in [0.717, 1.165) is 18.8 Å². The predicted octanol–water partition coefficient (Wildman–Crippen LogP) is 3.14. The fourth-order valence-electron chi connectivity index (χ4n) is 2.92. The molecule has 0 aromatic carbocycles. The quantitative estimate of drug-likeness (QED) is 0.822. The van der Waals surface area contributed by atoms with Crippen molar-refractivity contribution >= 4 is 5.97 Å². The van der Waals surface area contributed by atoms with Gasteiger partial charge in [0.1, 0.15) is 0 Å². The van der Waals surface area contributed by atoms with Crippen molar-refractivity contribution in [2.24, 2.45) is 5.92 Å². The van der Waals surface area contributed by atoms with Crippen LogP contribution in [0.4, 0.5) is 0 Å². The van der Waals surface area contributed by atoms with Gasteiger partial charge < -0.3 is 5.11 Å². The van der Waals surface area contributed by atoms with E-state index >= 15 is 0 Å². The highest BCUT2D eigenvalue weighted by molar-refractivity contribution is 5.69. The molecule has 0 aliphatic heterocycles. The summed E-state index contributed by atoms with van der Waals surface area (Å²) >= 11 is 0. The third-order valence-electron chi connectivity index (χ3n) is 4.00. The molecule has 1 N–H and O–H groups in total. The van der Waals surface area contributed by atoms with E-state index in [4.69, 9.17) is 5.11 Å². The van der Waals surface area contributed by atoms with Crippen molar-refractivity contribution in [2.75, 3.05) is 6.54 Å². The van der Waals surface area contributed by atoms with E-state index in [0.29, 0.717) is 6.04 Å². The van der Waals surface area contributed by atoms with E-state index in [1.165, 1.54) is 19.3 Å². The van der Waals surface area contributed by atoms with Gasteiger partial charge in [-0.15, -0.1) is 0 Å². The number of nitrogens with zero attached hydrogens (tertiary/aromatic N) is 1. The second kappa shape index (κ2) is 5.85. The highest BCUT2D eigenvalue weighted by atomic mass is 16.4. The van der Waals surface area contributed by atoms with Crippen molar-refractivity contribution in [3.63, 3.8) is 0 Å². The molecule has 0 aromatic heterocycles. The molecule has 0 heterocycles. The van der Waals surface area contributed by atoms with E-state index in [-0.39, 0.29) is 12.1 Å². The highest BCUT2D eigenvalue weighted by Crippen LogP contribution is 2.32.